The third kappa shape index (κ3) is 5.20. The fourth-order valence-corrected chi connectivity index (χ4v) is 3.41. The number of amides is 1. The summed E-state index contributed by atoms with van der Waals surface area (Å²) in [4.78, 5) is 31.8. The summed E-state index contributed by atoms with van der Waals surface area (Å²) in [5.41, 5.74) is -4.33. The van der Waals surface area contributed by atoms with Gasteiger partial charge in [0.15, 0.2) is 11.6 Å². The normalized spacial score (nSPS) is 17.3. The average molecular weight is 482 g/mol. The quantitative estimate of drug-likeness (QED) is 0.671. The Labute approximate surface area is 181 Å². The number of halogens is 7. The lowest BCUT2D eigenvalue weighted by Crippen LogP contribution is -2.51. The standard InChI is InChI=1S/C19H17F7N4O3/c1-2-33-17(32)30-4-3-29(15-13(20)6-11(8-27-15)18(21,22)23)9-14(30)10-5-12(19(24,25)26)16(31)28-7-10/h5-8,14H,2-4,9H2,1H3,(H,28,31). The first-order valence-corrected chi connectivity index (χ1v) is 9.53. The van der Waals surface area contributed by atoms with Gasteiger partial charge < -0.3 is 14.6 Å². The Morgan fingerprint density at radius 3 is 2.45 bits per heavy atom. The second-order valence-electron chi connectivity index (χ2n) is 7.05. The SMILES string of the molecule is CCOC(=O)N1CCN(c2ncc(C(F)(F)F)cc2F)CC1c1c[nH]c(=O)c(C(F)(F)F)c1. The number of piperazine rings is 1. The average Bonchev–Trinajstić information content (AvgIpc) is 2.72. The minimum atomic E-state index is -4.98. The van der Waals surface area contributed by atoms with Crippen LogP contribution in [0.2, 0.25) is 0 Å². The molecular formula is C19H17F7N4O3. The largest absolute Gasteiger partial charge is 0.450 e. The monoisotopic (exact) mass is 482 g/mol. The molecule has 33 heavy (non-hydrogen) atoms. The van der Waals surface area contributed by atoms with Crippen molar-refractivity contribution in [1.29, 1.82) is 0 Å². The van der Waals surface area contributed by atoms with Crippen LogP contribution in [0.5, 0.6) is 0 Å². The van der Waals surface area contributed by atoms with Crippen LogP contribution in [0.25, 0.3) is 0 Å². The van der Waals surface area contributed by atoms with Crippen LogP contribution in [-0.4, -0.2) is 47.2 Å². The molecule has 1 aliphatic heterocycles. The second kappa shape index (κ2) is 8.90. The number of carbonyl (C=O) groups excluding carboxylic acids is 1. The molecule has 0 spiro atoms. The van der Waals surface area contributed by atoms with E-state index in [0.717, 1.165) is 11.1 Å². The maximum absolute atomic E-state index is 14.4. The molecule has 0 radical (unpaired) electrons. The molecular weight excluding hydrogens is 465 g/mol. The van der Waals surface area contributed by atoms with E-state index in [4.69, 9.17) is 4.74 Å². The van der Waals surface area contributed by atoms with Gasteiger partial charge in [-0.15, -0.1) is 0 Å². The van der Waals surface area contributed by atoms with Crippen LogP contribution in [0.15, 0.2) is 29.3 Å². The summed E-state index contributed by atoms with van der Waals surface area (Å²) < 4.78 is 97.4. The number of H-pyrrole nitrogens is 1. The van der Waals surface area contributed by atoms with E-state index in [9.17, 15) is 40.3 Å². The molecule has 1 aliphatic rings. The van der Waals surface area contributed by atoms with Crippen molar-refractivity contribution in [2.45, 2.75) is 25.3 Å². The molecule has 3 heterocycles. The zero-order valence-electron chi connectivity index (χ0n) is 16.9. The van der Waals surface area contributed by atoms with E-state index in [1.807, 2.05) is 4.98 Å². The first-order valence-electron chi connectivity index (χ1n) is 9.53. The van der Waals surface area contributed by atoms with Crippen molar-refractivity contribution in [3.8, 4) is 0 Å². The predicted molar refractivity (Wildman–Crippen MR) is 99.9 cm³/mol. The van der Waals surface area contributed by atoms with Crippen LogP contribution in [0.4, 0.5) is 41.3 Å². The van der Waals surface area contributed by atoms with Gasteiger partial charge in [-0.05, 0) is 24.6 Å². The van der Waals surface area contributed by atoms with Crippen LogP contribution in [0, 0.1) is 5.82 Å². The number of aromatic amines is 1. The zero-order chi connectivity index (χ0) is 24.6. The number of rotatable bonds is 3. The number of hydrogen-bond donors (Lipinski definition) is 1. The van der Waals surface area contributed by atoms with Gasteiger partial charge in [-0.1, -0.05) is 0 Å². The highest BCUT2D eigenvalue weighted by molar-refractivity contribution is 5.69. The Hall–Kier alpha value is -3.32. The Morgan fingerprint density at radius 2 is 1.88 bits per heavy atom. The number of ether oxygens (including phenoxy) is 1. The third-order valence-electron chi connectivity index (χ3n) is 4.95. The van der Waals surface area contributed by atoms with Crippen molar-refractivity contribution in [1.82, 2.24) is 14.9 Å². The molecule has 0 aliphatic carbocycles. The maximum atomic E-state index is 14.4. The molecule has 14 heteroatoms. The first kappa shape index (κ1) is 24.3. The van der Waals surface area contributed by atoms with Gasteiger partial charge in [0.1, 0.15) is 5.56 Å². The topological polar surface area (TPSA) is 78.5 Å². The van der Waals surface area contributed by atoms with Crippen molar-refractivity contribution in [2.75, 3.05) is 31.1 Å². The smallest absolute Gasteiger partial charge is 0.421 e. The highest BCUT2D eigenvalue weighted by Crippen LogP contribution is 2.34. The molecule has 1 saturated heterocycles. The van der Waals surface area contributed by atoms with E-state index in [1.54, 1.807) is 0 Å². The number of nitrogens with one attached hydrogen (secondary N) is 1. The molecule has 1 unspecified atom stereocenters. The van der Waals surface area contributed by atoms with E-state index < -0.39 is 52.8 Å². The molecule has 3 rings (SSSR count). The van der Waals surface area contributed by atoms with Crippen LogP contribution in [0.1, 0.15) is 29.7 Å². The summed E-state index contributed by atoms with van der Waals surface area (Å²) in [6.45, 7) is 0.927. The molecule has 2 aromatic rings. The first-order chi connectivity index (χ1) is 15.3. The van der Waals surface area contributed by atoms with Crippen molar-refractivity contribution in [3.05, 3.63) is 57.4 Å². The Kier molecular flexibility index (Phi) is 6.56. The summed E-state index contributed by atoms with van der Waals surface area (Å²) in [7, 11) is 0. The van der Waals surface area contributed by atoms with Gasteiger partial charge in [0.25, 0.3) is 5.56 Å². The van der Waals surface area contributed by atoms with Gasteiger partial charge in [0, 0.05) is 32.0 Å². The zero-order valence-corrected chi connectivity index (χ0v) is 16.9. The van der Waals surface area contributed by atoms with E-state index >= 15 is 0 Å². The van der Waals surface area contributed by atoms with Gasteiger partial charge in [-0.2, -0.15) is 26.3 Å². The summed E-state index contributed by atoms with van der Waals surface area (Å²) >= 11 is 0. The molecule has 1 N–H and O–H groups in total. The number of pyridine rings is 2. The molecule has 0 aromatic carbocycles. The Bertz CT molecular complexity index is 1080. The molecule has 1 atom stereocenters. The highest BCUT2D eigenvalue weighted by Gasteiger charge is 2.39. The van der Waals surface area contributed by atoms with Crippen LogP contribution < -0.4 is 10.5 Å². The number of anilines is 1. The number of hydrogen-bond acceptors (Lipinski definition) is 5. The molecule has 0 bridgehead atoms. The Balaban J connectivity index is 2.00. The van der Waals surface area contributed by atoms with Gasteiger partial charge >= 0.3 is 18.4 Å². The number of nitrogens with zero attached hydrogens (tertiary/aromatic N) is 3. The number of alkyl halides is 6. The predicted octanol–water partition coefficient (Wildman–Crippen LogP) is 3.97. The third-order valence-corrected chi connectivity index (χ3v) is 4.95. The summed E-state index contributed by atoms with van der Waals surface area (Å²) in [5, 5.41) is 0. The van der Waals surface area contributed by atoms with E-state index in [2.05, 4.69) is 4.98 Å². The van der Waals surface area contributed by atoms with Gasteiger partial charge in [-0.25, -0.2) is 14.2 Å². The van der Waals surface area contributed by atoms with Gasteiger partial charge in [0.05, 0.1) is 18.2 Å². The lowest BCUT2D eigenvalue weighted by Gasteiger charge is -2.41. The van der Waals surface area contributed by atoms with E-state index in [-0.39, 0.29) is 37.9 Å². The fraction of sp³-hybridized carbons (Fsp3) is 0.421. The summed E-state index contributed by atoms with van der Waals surface area (Å²) in [5.74, 6) is -1.75. The van der Waals surface area contributed by atoms with Crippen LogP contribution in [-0.2, 0) is 17.1 Å². The van der Waals surface area contributed by atoms with Gasteiger partial charge in [-0.3, -0.25) is 9.69 Å². The van der Waals surface area contributed by atoms with E-state index in [1.165, 1.54) is 11.8 Å². The fourth-order valence-electron chi connectivity index (χ4n) is 3.41. The summed E-state index contributed by atoms with van der Waals surface area (Å²) in [6, 6.07) is -0.328. The van der Waals surface area contributed by atoms with Crippen molar-refractivity contribution < 1.29 is 40.3 Å². The summed E-state index contributed by atoms with van der Waals surface area (Å²) in [6.07, 6.45) is -9.24. The number of carbonyl (C=O) groups is 1. The van der Waals surface area contributed by atoms with Gasteiger partial charge in [0.2, 0.25) is 0 Å². The van der Waals surface area contributed by atoms with Crippen molar-refractivity contribution in [3.63, 3.8) is 0 Å². The lowest BCUT2D eigenvalue weighted by molar-refractivity contribution is -0.139. The lowest BCUT2D eigenvalue weighted by atomic mass is 10.0. The minimum absolute atomic E-state index is 0.0275. The molecule has 180 valence electrons. The van der Waals surface area contributed by atoms with Crippen LogP contribution in [0.3, 0.4) is 0 Å². The molecule has 1 fully saturated rings. The molecule has 1 amide bonds. The van der Waals surface area contributed by atoms with Crippen LogP contribution >= 0.6 is 0 Å². The van der Waals surface area contributed by atoms with Crippen molar-refractivity contribution in [2.24, 2.45) is 0 Å². The molecule has 7 nitrogen and oxygen atoms in total. The van der Waals surface area contributed by atoms with E-state index in [0.29, 0.717) is 12.3 Å². The Morgan fingerprint density at radius 1 is 1.18 bits per heavy atom. The second-order valence-corrected chi connectivity index (χ2v) is 7.05. The highest BCUT2D eigenvalue weighted by atomic mass is 19.4. The molecule has 2 aromatic heterocycles. The molecule has 0 saturated carbocycles. The number of aromatic nitrogens is 2. The van der Waals surface area contributed by atoms with Crippen molar-refractivity contribution >= 4 is 11.9 Å². The maximum Gasteiger partial charge on any atom is 0.421 e. The minimum Gasteiger partial charge on any atom is -0.450 e.